The van der Waals surface area contributed by atoms with Crippen molar-refractivity contribution in [1.29, 1.82) is 0 Å². The molecule has 1 saturated carbocycles. The molecule has 0 unspecified atom stereocenters. The quantitative estimate of drug-likeness (QED) is 0.580. The van der Waals surface area contributed by atoms with Gasteiger partial charge in [-0.05, 0) is 33.6 Å². The maximum absolute atomic E-state index is 11.9. The molecule has 2 aliphatic rings. The normalized spacial score (nSPS) is 48.6. The van der Waals surface area contributed by atoms with E-state index in [1.165, 1.54) is 0 Å². The number of cyclic esters (lactones) is 1. The van der Waals surface area contributed by atoms with Crippen LogP contribution < -0.4 is 0 Å². The van der Waals surface area contributed by atoms with E-state index in [0.29, 0.717) is 19.3 Å². The predicted molar refractivity (Wildman–Crippen MR) is 53.1 cm³/mol. The molecule has 2 rings (SSSR count). The van der Waals surface area contributed by atoms with E-state index in [4.69, 9.17) is 4.74 Å². The molecule has 1 heterocycles. The van der Waals surface area contributed by atoms with E-state index < -0.39 is 28.7 Å². The first-order chi connectivity index (χ1) is 6.71. The summed E-state index contributed by atoms with van der Waals surface area (Å²) in [4.78, 5) is 11.9. The molecule has 0 bridgehead atoms. The van der Waals surface area contributed by atoms with E-state index in [-0.39, 0.29) is 0 Å². The fraction of sp³-hybridized carbons (Fsp3) is 0.909. The van der Waals surface area contributed by atoms with Gasteiger partial charge in [-0.2, -0.15) is 0 Å². The van der Waals surface area contributed by atoms with Gasteiger partial charge >= 0.3 is 5.97 Å². The molecule has 0 aromatic carbocycles. The molecule has 2 N–H and O–H groups in total. The van der Waals surface area contributed by atoms with E-state index in [1.807, 2.05) is 0 Å². The van der Waals surface area contributed by atoms with Gasteiger partial charge in [0, 0.05) is 6.42 Å². The highest BCUT2D eigenvalue weighted by Crippen LogP contribution is 2.54. The SMILES string of the molecule is CC1(C)C[C@@]2(O)[C@H](O)CC[C@@]2(C)C(=O)O1. The number of aliphatic hydroxyl groups is 2. The average Bonchev–Trinajstić information content (AvgIpc) is 2.28. The smallest absolute Gasteiger partial charge is 0.315 e. The summed E-state index contributed by atoms with van der Waals surface area (Å²) in [5.41, 5.74) is -2.97. The highest BCUT2D eigenvalue weighted by molar-refractivity contribution is 5.80. The van der Waals surface area contributed by atoms with E-state index in [1.54, 1.807) is 20.8 Å². The lowest BCUT2D eigenvalue weighted by atomic mass is 9.68. The van der Waals surface area contributed by atoms with Gasteiger partial charge in [-0.1, -0.05) is 0 Å². The standard InChI is InChI=1S/C11H18O4/c1-9(2)6-11(14)7(12)4-5-10(11,3)8(13)15-9/h7,12,14H,4-6H2,1-3H3/t7-,10+,11-/m1/s1. The van der Waals surface area contributed by atoms with Gasteiger partial charge < -0.3 is 14.9 Å². The molecule has 0 amide bonds. The van der Waals surface area contributed by atoms with Crippen molar-refractivity contribution >= 4 is 5.97 Å². The number of rotatable bonds is 0. The fourth-order valence-corrected chi connectivity index (χ4v) is 2.89. The van der Waals surface area contributed by atoms with Crippen molar-refractivity contribution in [2.45, 2.75) is 57.3 Å². The van der Waals surface area contributed by atoms with Crippen molar-refractivity contribution in [2.75, 3.05) is 0 Å². The van der Waals surface area contributed by atoms with Gasteiger partial charge in [0.05, 0.1) is 11.5 Å². The Bertz CT molecular complexity index is 312. The Balaban J connectivity index is 2.44. The summed E-state index contributed by atoms with van der Waals surface area (Å²) in [5, 5.41) is 20.3. The van der Waals surface area contributed by atoms with Crippen LogP contribution in [0.15, 0.2) is 0 Å². The number of aliphatic hydroxyl groups excluding tert-OH is 1. The molecule has 1 aliphatic heterocycles. The number of esters is 1. The molecular formula is C11H18O4. The largest absolute Gasteiger partial charge is 0.459 e. The second-order valence-electron chi connectivity index (χ2n) is 5.64. The fourth-order valence-electron chi connectivity index (χ4n) is 2.89. The van der Waals surface area contributed by atoms with Gasteiger partial charge in [-0.25, -0.2) is 0 Å². The number of hydrogen-bond donors (Lipinski definition) is 2. The van der Waals surface area contributed by atoms with E-state index >= 15 is 0 Å². The number of carbonyl (C=O) groups excluding carboxylic acids is 1. The Hall–Kier alpha value is -0.610. The summed E-state index contributed by atoms with van der Waals surface area (Å²) in [5.74, 6) is -0.391. The van der Waals surface area contributed by atoms with Crippen LogP contribution in [0.1, 0.15) is 40.0 Å². The Morgan fingerprint density at radius 1 is 1.40 bits per heavy atom. The second-order valence-corrected chi connectivity index (χ2v) is 5.64. The molecule has 0 spiro atoms. The summed E-state index contributed by atoms with van der Waals surface area (Å²) in [6.45, 7) is 5.20. The minimum Gasteiger partial charge on any atom is -0.459 e. The Morgan fingerprint density at radius 3 is 2.60 bits per heavy atom. The Labute approximate surface area is 89.2 Å². The molecule has 0 aromatic heterocycles. The summed E-state index contributed by atoms with van der Waals surface area (Å²) >= 11 is 0. The summed E-state index contributed by atoms with van der Waals surface area (Å²) in [7, 11) is 0. The summed E-state index contributed by atoms with van der Waals surface area (Å²) in [6.07, 6.45) is 0.413. The third-order valence-corrected chi connectivity index (χ3v) is 3.94. The molecule has 86 valence electrons. The molecule has 2 fully saturated rings. The lowest BCUT2D eigenvalue weighted by Gasteiger charge is -2.49. The third-order valence-electron chi connectivity index (χ3n) is 3.94. The van der Waals surface area contributed by atoms with E-state index in [2.05, 4.69) is 0 Å². The van der Waals surface area contributed by atoms with Crippen LogP contribution in [-0.2, 0) is 9.53 Å². The van der Waals surface area contributed by atoms with E-state index in [9.17, 15) is 15.0 Å². The van der Waals surface area contributed by atoms with Gasteiger partial charge in [0.2, 0.25) is 0 Å². The van der Waals surface area contributed by atoms with Crippen LogP contribution in [0.25, 0.3) is 0 Å². The molecule has 0 aromatic rings. The van der Waals surface area contributed by atoms with Gasteiger partial charge in [0.25, 0.3) is 0 Å². The van der Waals surface area contributed by atoms with Crippen LogP contribution in [-0.4, -0.2) is 33.5 Å². The molecule has 4 nitrogen and oxygen atoms in total. The highest BCUT2D eigenvalue weighted by Gasteiger charge is 2.66. The van der Waals surface area contributed by atoms with Crippen molar-refractivity contribution in [3.05, 3.63) is 0 Å². The molecular weight excluding hydrogens is 196 g/mol. The van der Waals surface area contributed by atoms with Crippen LogP contribution in [0.4, 0.5) is 0 Å². The van der Waals surface area contributed by atoms with Crippen LogP contribution in [0.5, 0.6) is 0 Å². The zero-order valence-corrected chi connectivity index (χ0v) is 9.41. The summed E-state index contributed by atoms with van der Waals surface area (Å²) < 4.78 is 5.29. The molecule has 1 aliphatic carbocycles. The molecule has 15 heavy (non-hydrogen) atoms. The van der Waals surface area contributed by atoms with E-state index in [0.717, 1.165) is 0 Å². The highest BCUT2D eigenvalue weighted by atomic mass is 16.6. The minimum absolute atomic E-state index is 0.295. The van der Waals surface area contributed by atoms with Crippen LogP contribution in [0, 0.1) is 5.41 Å². The van der Waals surface area contributed by atoms with Crippen molar-refractivity contribution in [3.63, 3.8) is 0 Å². The minimum atomic E-state index is -1.33. The lowest BCUT2D eigenvalue weighted by Crippen LogP contribution is -2.62. The zero-order chi connectivity index (χ0) is 11.5. The van der Waals surface area contributed by atoms with Crippen molar-refractivity contribution in [3.8, 4) is 0 Å². The van der Waals surface area contributed by atoms with Gasteiger partial charge in [-0.15, -0.1) is 0 Å². The average molecular weight is 214 g/mol. The predicted octanol–water partition coefficient (Wildman–Crippen LogP) is 0.604. The van der Waals surface area contributed by atoms with Crippen LogP contribution in [0.3, 0.4) is 0 Å². The van der Waals surface area contributed by atoms with Gasteiger partial charge in [0.1, 0.15) is 11.2 Å². The second kappa shape index (κ2) is 2.74. The molecule has 4 heteroatoms. The van der Waals surface area contributed by atoms with Gasteiger partial charge in [-0.3, -0.25) is 4.79 Å². The maximum Gasteiger partial charge on any atom is 0.315 e. The number of ether oxygens (including phenoxy) is 1. The first kappa shape index (κ1) is 10.9. The molecule has 1 saturated heterocycles. The van der Waals surface area contributed by atoms with Crippen molar-refractivity contribution in [1.82, 2.24) is 0 Å². The monoisotopic (exact) mass is 214 g/mol. The first-order valence-electron chi connectivity index (χ1n) is 5.35. The number of carbonyl (C=O) groups is 1. The topological polar surface area (TPSA) is 66.8 Å². The summed E-state index contributed by atoms with van der Waals surface area (Å²) in [6, 6.07) is 0. The van der Waals surface area contributed by atoms with Gasteiger partial charge in [0.15, 0.2) is 0 Å². The Kier molecular flexibility index (Phi) is 1.99. The molecule has 3 atom stereocenters. The maximum atomic E-state index is 11.9. The Morgan fingerprint density at radius 2 is 2.00 bits per heavy atom. The third kappa shape index (κ3) is 1.24. The first-order valence-corrected chi connectivity index (χ1v) is 5.35. The number of fused-ring (bicyclic) bond motifs is 1. The molecule has 0 radical (unpaired) electrons. The van der Waals surface area contributed by atoms with Crippen LogP contribution in [0.2, 0.25) is 0 Å². The van der Waals surface area contributed by atoms with Crippen molar-refractivity contribution in [2.24, 2.45) is 5.41 Å². The lowest BCUT2D eigenvalue weighted by molar-refractivity contribution is -0.226. The number of hydrogen-bond acceptors (Lipinski definition) is 4. The van der Waals surface area contributed by atoms with Crippen molar-refractivity contribution < 1.29 is 19.7 Å². The zero-order valence-electron chi connectivity index (χ0n) is 9.41. The van der Waals surface area contributed by atoms with Crippen LogP contribution >= 0.6 is 0 Å².